The highest BCUT2D eigenvalue weighted by molar-refractivity contribution is 6.30. The summed E-state index contributed by atoms with van der Waals surface area (Å²) in [5.41, 5.74) is -1.44. The third-order valence-corrected chi connectivity index (χ3v) is 2.95. The van der Waals surface area contributed by atoms with E-state index in [4.69, 9.17) is 11.6 Å². The van der Waals surface area contributed by atoms with Crippen molar-refractivity contribution in [1.29, 1.82) is 0 Å². The zero-order valence-corrected chi connectivity index (χ0v) is 11.2. The van der Waals surface area contributed by atoms with Gasteiger partial charge < -0.3 is 0 Å². The van der Waals surface area contributed by atoms with Crippen LogP contribution in [-0.2, 0) is 6.54 Å². The fourth-order valence-corrected chi connectivity index (χ4v) is 1.78. The van der Waals surface area contributed by atoms with Crippen LogP contribution in [0.15, 0.2) is 40.1 Å². The summed E-state index contributed by atoms with van der Waals surface area (Å²) in [5.74, 6) is -0.449. The molecule has 1 heterocycles. The Kier molecular flexibility index (Phi) is 3.99. The first kappa shape index (κ1) is 14.7. The maximum Gasteiger partial charge on any atom is 0.328 e. The van der Waals surface area contributed by atoms with Gasteiger partial charge in [0.25, 0.3) is 11.2 Å². The molecule has 2 aromatic rings. The summed E-state index contributed by atoms with van der Waals surface area (Å²) in [4.78, 5) is 46.5. The lowest BCUT2D eigenvalue weighted by Gasteiger charge is -2.04. The molecule has 0 fully saturated rings. The summed E-state index contributed by atoms with van der Waals surface area (Å²) >= 11 is 5.58. The number of halogens is 1. The third kappa shape index (κ3) is 3.23. The van der Waals surface area contributed by atoms with Crippen LogP contribution >= 0.6 is 11.6 Å². The zero-order valence-electron chi connectivity index (χ0n) is 10.4. The first-order valence-corrected chi connectivity index (χ1v) is 6.03. The number of carbonyl (C=O) groups is 1. The SMILES string of the molecule is O=C(Cn1cc(Cl)c(=O)[nH]c1=O)c1ccc([N+](=O)[O-])cc1. The molecule has 0 radical (unpaired) electrons. The smallest absolute Gasteiger partial charge is 0.292 e. The fourth-order valence-electron chi connectivity index (χ4n) is 1.62. The van der Waals surface area contributed by atoms with E-state index in [1.807, 2.05) is 4.98 Å². The maximum absolute atomic E-state index is 12.0. The topological polar surface area (TPSA) is 115 Å². The molecule has 0 unspecified atom stereocenters. The number of H-pyrrole nitrogens is 1. The van der Waals surface area contributed by atoms with Crippen molar-refractivity contribution in [3.63, 3.8) is 0 Å². The second-order valence-corrected chi connectivity index (χ2v) is 4.50. The van der Waals surface area contributed by atoms with Gasteiger partial charge in [0.2, 0.25) is 0 Å². The maximum atomic E-state index is 12.0. The number of benzene rings is 1. The van der Waals surface area contributed by atoms with Crippen molar-refractivity contribution >= 4 is 23.1 Å². The summed E-state index contributed by atoms with van der Waals surface area (Å²) in [6.45, 7) is -0.340. The molecular weight excluding hydrogens is 302 g/mol. The number of hydrogen-bond donors (Lipinski definition) is 1. The van der Waals surface area contributed by atoms with Gasteiger partial charge >= 0.3 is 5.69 Å². The number of nitro benzene ring substituents is 1. The molecule has 0 spiro atoms. The molecule has 0 saturated heterocycles. The van der Waals surface area contributed by atoms with E-state index in [0.29, 0.717) is 0 Å². The molecule has 0 atom stereocenters. The van der Waals surface area contributed by atoms with Crippen molar-refractivity contribution in [2.24, 2.45) is 0 Å². The van der Waals surface area contributed by atoms with Crippen LogP contribution < -0.4 is 11.2 Å². The van der Waals surface area contributed by atoms with Crippen molar-refractivity contribution in [2.45, 2.75) is 6.54 Å². The number of non-ortho nitro benzene ring substituents is 1. The van der Waals surface area contributed by atoms with Crippen LogP contribution in [0.25, 0.3) is 0 Å². The summed E-state index contributed by atoms with van der Waals surface area (Å²) in [7, 11) is 0. The van der Waals surface area contributed by atoms with Gasteiger partial charge in [-0.1, -0.05) is 11.6 Å². The lowest BCUT2D eigenvalue weighted by atomic mass is 10.1. The van der Waals surface area contributed by atoms with Crippen LogP contribution in [0, 0.1) is 10.1 Å². The molecule has 0 aliphatic heterocycles. The quantitative estimate of drug-likeness (QED) is 0.513. The van der Waals surface area contributed by atoms with Crippen molar-refractivity contribution < 1.29 is 9.72 Å². The van der Waals surface area contributed by atoms with Crippen molar-refractivity contribution in [2.75, 3.05) is 0 Å². The van der Waals surface area contributed by atoms with Gasteiger partial charge in [0.1, 0.15) is 5.02 Å². The highest BCUT2D eigenvalue weighted by atomic mass is 35.5. The number of aromatic nitrogens is 2. The molecule has 1 N–H and O–H groups in total. The number of nitro groups is 1. The number of ketones is 1. The van der Waals surface area contributed by atoms with Gasteiger partial charge in [0, 0.05) is 23.9 Å². The van der Waals surface area contributed by atoms with Crippen molar-refractivity contribution in [3.05, 3.63) is 72.0 Å². The zero-order chi connectivity index (χ0) is 15.6. The van der Waals surface area contributed by atoms with Gasteiger partial charge in [-0.05, 0) is 12.1 Å². The average Bonchev–Trinajstić information content (AvgIpc) is 2.44. The Hall–Kier alpha value is -2.74. The molecule has 1 aromatic heterocycles. The van der Waals surface area contributed by atoms with Gasteiger partial charge in [-0.15, -0.1) is 0 Å². The molecule has 0 aliphatic carbocycles. The molecule has 8 nitrogen and oxygen atoms in total. The summed E-state index contributed by atoms with van der Waals surface area (Å²) < 4.78 is 0.952. The van der Waals surface area contributed by atoms with E-state index in [1.54, 1.807) is 0 Å². The van der Waals surface area contributed by atoms with Gasteiger partial charge in [-0.25, -0.2) is 4.79 Å². The minimum absolute atomic E-state index is 0.143. The summed E-state index contributed by atoms with van der Waals surface area (Å²) in [6, 6.07) is 4.96. The van der Waals surface area contributed by atoms with Crippen molar-refractivity contribution in [3.8, 4) is 0 Å². The van der Waals surface area contributed by atoms with E-state index >= 15 is 0 Å². The number of carbonyl (C=O) groups excluding carboxylic acids is 1. The van der Waals surface area contributed by atoms with E-state index < -0.39 is 22.0 Å². The van der Waals surface area contributed by atoms with Gasteiger partial charge in [0.05, 0.1) is 11.5 Å². The summed E-state index contributed by atoms with van der Waals surface area (Å²) in [5, 5.41) is 10.3. The van der Waals surface area contributed by atoms with E-state index in [1.165, 1.54) is 24.3 Å². The Morgan fingerprint density at radius 1 is 1.29 bits per heavy atom. The summed E-state index contributed by atoms with van der Waals surface area (Å²) in [6.07, 6.45) is 1.06. The number of nitrogens with one attached hydrogen (secondary N) is 1. The lowest BCUT2D eigenvalue weighted by Crippen LogP contribution is -2.31. The number of nitrogens with zero attached hydrogens (tertiary/aromatic N) is 2. The van der Waals surface area contributed by atoms with Crippen LogP contribution in [0.3, 0.4) is 0 Å². The fraction of sp³-hybridized carbons (Fsp3) is 0.0833. The van der Waals surface area contributed by atoms with E-state index in [9.17, 15) is 24.5 Å². The largest absolute Gasteiger partial charge is 0.328 e. The number of Topliss-reactive ketones (excluding diaryl/α,β-unsaturated/α-hetero) is 1. The van der Waals surface area contributed by atoms with Crippen LogP contribution in [0.5, 0.6) is 0 Å². The molecule has 0 bridgehead atoms. The molecular formula is C12H8ClN3O5. The first-order chi connectivity index (χ1) is 9.88. The number of hydrogen-bond acceptors (Lipinski definition) is 5. The average molecular weight is 310 g/mol. The predicted molar refractivity (Wildman–Crippen MR) is 73.8 cm³/mol. The minimum Gasteiger partial charge on any atom is -0.292 e. The molecule has 0 aliphatic rings. The minimum atomic E-state index is -0.764. The van der Waals surface area contributed by atoms with Crippen molar-refractivity contribution in [1.82, 2.24) is 9.55 Å². The molecule has 1 aromatic carbocycles. The Labute approximate surface area is 121 Å². The second kappa shape index (κ2) is 5.71. The van der Waals surface area contributed by atoms with Crippen LogP contribution in [0.1, 0.15) is 10.4 Å². The number of aromatic amines is 1. The molecule has 9 heteroatoms. The van der Waals surface area contributed by atoms with Crippen LogP contribution in [0.4, 0.5) is 5.69 Å². The van der Waals surface area contributed by atoms with Crippen LogP contribution in [-0.4, -0.2) is 20.3 Å². The van der Waals surface area contributed by atoms with Gasteiger partial charge in [-0.2, -0.15) is 0 Å². The standard InChI is InChI=1S/C12H8ClN3O5/c13-9-5-15(12(19)14-11(9)18)6-10(17)7-1-3-8(4-2-7)16(20)21/h1-5H,6H2,(H,14,18,19). The Morgan fingerprint density at radius 3 is 2.48 bits per heavy atom. The molecule has 0 saturated carbocycles. The molecule has 21 heavy (non-hydrogen) atoms. The van der Waals surface area contributed by atoms with E-state index in [0.717, 1.165) is 10.8 Å². The van der Waals surface area contributed by atoms with E-state index in [2.05, 4.69) is 0 Å². The monoisotopic (exact) mass is 309 g/mol. The van der Waals surface area contributed by atoms with E-state index in [-0.39, 0.29) is 22.8 Å². The predicted octanol–water partition coefficient (Wildman–Crippen LogP) is 0.981. The molecule has 108 valence electrons. The Balaban J connectivity index is 2.26. The third-order valence-electron chi connectivity index (χ3n) is 2.68. The second-order valence-electron chi connectivity index (χ2n) is 4.09. The highest BCUT2D eigenvalue weighted by Gasteiger charge is 2.12. The Bertz CT molecular complexity index is 822. The van der Waals surface area contributed by atoms with Gasteiger partial charge in [-0.3, -0.25) is 29.3 Å². The first-order valence-electron chi connectivity index (χ1n) is 5.65. The lowest BCUT2D eigenvalue weighted by molar-refractivity contribution is -0.384. The van der Waals surface area contributed by atoms with Crippen LogP contribution in [0.2, 0.25) is 5.02 Å². The molecule has 0 amide bonds. The highest BCUT2D eigenvalue weighted by Crippen LogP contribution is 2.12. The van der Waals surface area contributed by atoms with Gasteiger partial charge in [0.15, 0.2) is 5.78 Å². The Morgan fingerprint density at radius 2 is 1.90 bits per heavy atom. The normalized spacial score (nSPS) is 10.3. The number of rotatable bonds is 4. The molecule has 2 rings (SSSR count).